The zero-order valence-electron chi connectivity index (χ0n) is 16.0. The maximum Gasteiger partial charge on any atom is 0.418 e. The molecule has 1 aliphatic carbocycles. The summed E-state index contributed by atoms with van der Waals surface area (Å²) in [6, 6.07) is 8.80. The number of hydrogen-bond acceptors (Lipinski definition) is 3. The number of hydrogen-bond donors (Lipinski definition) is 0. The predicted octanol–water partition coefficient (Wildman–Crippen LogP) is 5.93. The maximum absolute atomic E-state index is 13.7. The Morgan fingerprint density at radius 1 is 1.07 bits per heavy atom. The second kappa shape index (κ2) is 6.83. The zero-order chi connectivity index (χ0) is 21.0. The van der Waals surface area contributed by atoms with E-state index in [1.54, 1.807) is 0 Å². The van der Waals surface area contributed by atoms with Crippen molar-refractivity contribution in [2.45, 2.75) is 45.2 Å². The largest absolute Gasteiger partial charge is 0.418 e. The normalized spacial score (nSPS) is 22.1. The van der Waals surface area contributed by atoms with Crippen molar-refractivity contribution in [3.63, 3.8) is 0 Å². The first-order valence-corrected chi connectivity index (χ1v) is 10.3. The lowest BCUT2D eigenvalue weighted by molar-refractivity contribution is -0.137. The number of amides is 1. The van der Waals surface area contributed by atoms with E-state index in [4.69, 9.17) is 0 Å². The summed E-state index contributed by atoms with van der Waals surface area (Å²) in [6.07, 6.45) is -3.93. The van der Waals surface area contributed by atoms with Gasteiger partial charge in [0.25, 0.3) is 0 Å². The molecule has 152 valence electrons. The number of rotatable bonds is 2. The smallest absolute Gasteiger partial charge is 0.294 e. The van der Waals surface area contributed by atoms with Crippen molar-refractivity contribution in [3.8, 4) is 0 Å². The molecule has 2 heterocycles. The molecule has 0 radical (unpaired) electrons. The molecule has 1 aliphatic heterocycles. The van der Waals surface area contributed by atoms with Crippen molar-refractivity contribution in [1.82, 2.24) is 0 Å². The molecule has 1 atom stereocenters. The van der Waals surface area contributed by atoms with Gasteiger partial charge in [-0.1, -0.05) is 32.0 Å². The number of thiophene rings is 1. The third-order valence-corrected chi connectivity index (χ3v) is 6.47. The Morgan fingerprint density at radius 2 is 1.79 bits per heavy atom. The Hall–Kier alpha value is -2.41. The van der Waals surface area contributed by atoms with E-state index in [1.807, 2.05) is 31.4 Å². The summed E-state index contributed by atoms with van der Waals surface area (Å²) in [5, 5.41) is 1.88. The van der Waals surface area contributed by atoms with Crippen LogP contribution in [0.15, 0.2) is 53.0 Å². The second-order valence-electron chi connectivity index (χ2n) is 8.32. The molecule has 29 heavy (non-hydrogen) atoms. The average molecular weight is 419 g/mol. The Morgan fingerprint density at radius 3 is 2.45 bits per heavy atom. The average Bonchev–Trinajstić information content (AvgIpc) is 3.13. The lowest BCUT2D eigenvalue weighted by Gasteiger charge is -2.43. The number of halogens is 3. The number of carbonyl (C=O) groups excluding carboxylic acids is 2. The molecule has 0 fully saturated rings. The summed E-state index contributed by atoms with van der Waals surface area (Å²) < 4.78 is 41.0. The summed E-state index contributed by atoms with van der Waals surface area (Å²) >= 11 is 1.46. The van der Waals surface area contributed by atoms with Gasteiger partial charge in [-0.2, -0.15) is 13.2 Å². The molecule has 0 saturated heterocycles. The fourth-order valence-electron chi connectivity index (χ4n) is 4.34. The van der Waals surface area contributed by atoms with E-state index in [0.29, 0.717) is 24.1 Å². The highest BCUT2D eigenvalue weighted by Crippen LogP contribution is 2.50. The Balaban J connectivity index is 1.94. The summed E-state index contributed by atoms with van der Waals surface area (Å²) in [7, 11) is 0. The minimum Gasteiger partial charge on any atom is -0.294 e. The highest BCUT2D eigenvalue weighted by atomic mass is 32.1. The fourth-order valence-corrected chi connectivity index (χ4v) is 5.17. The van der Waals surface area contributed by atoms with Gasteiger partial charge in [-0.25, -0.2) is 0 Å². The molecule has 4 rings (SSSR count). The van der Waals surface area contributed by atoms with Gasteiger partial charge in [-0.15, -0.1) is 11.3 Å². The number of Topliss-reactive ketones (excluding diaryl/α,β-unsaturated/α-hetero) is 1. The molecule has 1 aromatic heterocycles. The molecule has 0 spiro atoms. The first-order valence-electron chi connectivity index (χ1n) is 9.37. The molecular weight excluding hydrogens is 399 g/mol. The van der Waals surface area contributed by atoms with E-state index in [-0.39, 0.29) is 17.9 Å². The monoisotopic (exact) mass is 419 g/mol. The van der Waals surface area contributed by atoms with Crippen molar-refractivity contribution >= 4 is 28.7 Å². The third-order valence-electron chi connectivity index (χ3n) is 5.48. The minimum atomic E-state index is -4.60. The lowest BCUT2D eigenvalue weighted by Crippen LogP contribution is -2.44. The molecule has 0 saturated carbocycles. The molecule has 7 heteroatoms. The van der Waals surface area contributed by atoms with Crippen LogP contribution in [0.3, 0.4) is 0 Å². The summed E-state index contributed by atoms with van der Waals surface area (Å²) in [6.45, 7) is 3.81. The van der Waals surface area contributed by atoms with E-state index in [1.165, 1.54) is 29.5 Å². The van der Waals surface area contributed by atoms with Gasteiger partial charge in [-0.05, 0) is 35.4 Å². The van der Waals surface area contributed by atoms with Crippen LogP contribution in [-0.4, -0.2) is 11.7 Å². The van der Waals surface area contributed by atoms with Crippen molar-refractivity contribution in [3.05, 3.63) is 63.5 Å². The standard InChI is InChI=1S/C22H20F3NO2S/c1-21(2)11-16-20(17(27)12-21)13(18-8-5-9-29-18)10-19(28)26(16)15-7-4-3-6-14(15)22(23,24)25/h3-9,13H,10-12H2,1-2H3/t13-/m1/s1. The lowest BCUT2D eigenvalue weighted by atomic mass is 9.70. The molecule has 1 aromatic carbocycles. The van der Waals surface area contributed by atoms with Gasteiger partial charge >= 0.3 is 6.18 Å². The van der Waals surface area contributed by atoms with Crippen LogP contribution in [0.1, 0.15) is 49.5 Å². The predicted molar refractivity (Wildman–Crippen MR) is 106 cm³/mol. The van der Waals surface area contributed by atoms with Crippen LogP contribution in [-0.2, 0) is 15.8 Å². The van der Waals surface area contributed by atoms with E-state index < -0.39 is 29.0 Å². The topological polar surface area (TPSA) is 37.4 Å². The minimum absolute atomic E-state index is 0.0162. The molecular formula is C22H20F3NO2S. The summed E-state index contributed by atoms with van der Waals surface area (Å²) in [4.78, 5) is 28.3. The van der Waals surface area contributed by atoms with Crippen LogP contribution in [0.5, 0.6) is 0 Å². The molecule has 0 bridgehead atoms. The number of anilines is 1. The SMILES string of the molecule is CC1(C)CC(=O)C2=C(C1)N(c1ccccc1C(F)(F)F)C(=O)C[C@@H]2c1cccs1. The molecule has 3 nitrogen and oxygen atoms in total. The fraction of sp³-hybridized carbons (Fsp3) is 0.364. The molecule has 0 unspecified atom stereocenters. The zero-order valence-corrected chi connectivity index (χ0v) is 16.9. The van der Waals surface area contributed by atoms with Gasteiger partial charge in [0.15, 0.2) is 5.78 Å². The number of allylic oxidation sites excluding steroid dienone is 2. The van der Waals surface area contributed by atoms with Gasteiger partial charge < -0.3 is 0 Å². The van der Waals surface area contributed by atoms with Gasteiger partial charge in [0.1, 0.15) is 0 Å². The molecule has 0 N–H and O–H groups in total. The second-order valence-corrected chi connectivity index (χ2v) is 9.30. The molecule has 2 aromatic rings. The molecule has 1 amide bonds. The van der Waals surface area contributed by atoms with Crippen LogP contribution in [0.4, 0.5) is 18.9 Å². The third kappa shape index (κ3) is 3.52. The van der Waals surface area contributed by atoms with Gasteiger partial charge in [-0.3, -0.25) is 14.5 Å². The molecule has 2 aliphatic rings. The number of nitrogens with zero attached hydrogens (tertiary/aromatic N) is 1. The van der Waals surface area contributed by atoms with Crippen molar-refractivity contribution in [2.24, 2.45) is 5.41 Å². The van der Waals surface area contributed by atoms with Gasteiger partial charge in [0.2, 0.25) is 5.91 Å². The highest BCUT2D eigenvalue weighted by Gasteiger charge is 2.46. The number of benzene rings is 1. The van der Waals surface area contributed by atoms with E-state index in [9.17, 15) is 22.8 Å². The highest BCUT2D eigenvalue weighted by molar-refractivity contribution is 7.10. The van der Waals surface area contributed by atoms with Crippen molar-refractivity contribution < 1.29 is 22.8 Å². The van der Waals surface area contributed by atoms with E-state index >= 15 is 0 Å². The number of ketones is 1. The Bertz CT molecular complexity index is 1010. The van der Waals surface area contributed by atoms with Crippen LogP contribution < -0.4 is 4.90 Å². The maximum atomic E-state index is 13.7. The van der Waals surface area contributed by atoms with Crippen LogP contribution in [0.2, 0.25) is 0 Å². The van der Waals surface area contributed by atoms with Gasteiger partial charge in [0.05, 0.1) is 11.3 Å². The van der Waals surface area contributed by atoms with E-state index in [2.05, 4.69) is 0 Å². The number of para-hydroxylation sites is 1. The summed E-state index contributed by atoms with van der Waals surface area (Å²) in [5.74, 6) is -0.892. The quantitative estimate of drug-likeness (QED) is 0.605. The number of carbonyl (C=O) groups is 2. The van der Waals surface area contributed by atoms with E-state index in [0.717, 1.165) is 15.8 Å². The summed E-state index contributed by atoms with van der Waals surface area (Å²) in [5.41, 5.74) is -0.599. The van der Waals surface area contributed by atoms with Crippen molar-refractivity contribution in [1.29, 1.82) is 0 Å². The van der Waals surface area contributed by atoms with Crippen LogP contribution in [0.25, 0.3) is 0 Å². The Kier molecular flexibility index (Phi) is 4.69. The first-order chi connectivity index (χ1) is 13.6. The van der Waals surface area contributed by atoms with Crippen LogP contribution >= 0.6 is 11.3 Å². The van der Waals surface area contributed by atoms with Crippen LogP contribution in [0, 0.1) is 5.41 Å². The first kappa shape index (κ1) is 19.9. The Labute approximate surface area is 170 Å². The van der Waals surface area contributed by atoms with Crippen molar-refractivity contribution in [2.75, 3.05) is 4.90 Å². The number of alkyl halides is 3. The van der Waals surface area contributed by atoms with Gasteiger partial charge in [0, 0.05) is 34.9 Å².